The molecule has 1 N–H and O–H groups in total. The lowest BCUT2D eigenvalue weighted by Gasteiger charge is -2.42. The van der Waals surface area contributed by atoms with Crippen LogP contribution in [0, 0.1) is 0 Å². The molecular formula is C20H16F9N5O3. The number of hydrogen-bond acceptors (Lipinski definition) is 6. The monoisotopic (exact) mass is 545 g/mol. The highest BCUT2D eigenvalue weighted by Gasteiger charge is 2.58. The summed E-state index contributed by atoms with van der Waals surface area (Å²) in [5.41, 5.74) is 0.402. The van der Waals surface area contributed by atoms with Crippen molar-refractivity contribution in [2.75, 3.05) is 13.1 Å². The van der Waals surface area contributed by atoms with Crippen molar-refractivity contribution in [3.63, 3.8) is 0 Å². The first-order chi connectivity index (χ1) is 17.1. The van der Waals surface area contributed by atoms with E-state index in [0.717, 1.165) is 10.0 Å². The van der Waals surface area contributed by atoms with Gasteiger partial charge in [0.05, 0.1) is 13.1 Å². The van der Waals surface area contributed by atoms with E-state index in [2.05, 4.69) is 10.2 Å². The van der Waals surface area contributed by atoms with E-state index in [0.29, 0.717) is 5.56 Å². The van der Waals surface area contributed by atoms with Gasteiger partial charge in [-0.3, -0.25) is 14.6 Å². The Morgan fingerprint density at radius 3 is 2.51 bits per heavy atom. The summed E-state index contributed by atoms with van der Waals surface area (Å²) >= 11 is 0. The van der Waals surface area contributed by atoms with Crippen molar-refractivity contribution in [3.05, 3.63) is 35.2 Å². The van der Waals surface area contributed by atoms with Gasteiger partial charge < -0.3 is 9.73 Å². The predicted octanol–water partition coefficient (Wildman–Crippen LogP) is 3.96. The van der Waals surface area contributed by atoms with E-state index in [9.17, 15) is 49.1 Å². The van der Waals surface area contributed by atoms with E-state index in [-0.39, 0.29) is 23.6 Å². The molecule has 2 aliphatic heterocycles. The molecule has 0 aliphatic carbocycles. The van der Waals surface area contributed by atoms with Gasteiger partial charge in [0, 0.05) is 30.5 Å². The molecule has 1 atom stereocenters. The maximum Gasteiger partial charge on any atom is 0.455 e. The van der Waals surface area contributed by atoms with Gasteiger partial charge in [-0.25, -0.2) is 13.8 Å². The quantitative estimate of drug-likeness (QED) is 0.553. The number of fused-ring (bicyclic) bond motifs is 1. The van der Waals surface area contributed by atoms with Gasteiger partial charge in [-0.2, -0.15) is 30.7 Å². The van der Waals surface area contributed by atoms with Crippen LogP contribution >= 0.6 is 0 Å². The molecule has 17 heteroatoms. The minimum atomic E-state index is -5.98. The maximum atomic E-state index is 14.1. The smallest absolute Gasteiger partial charge is 0.415 e. The number of alkyl halides is 9. The molecule has 1 saturated heterocycles. The Kier molecular flexibility index (Phi) is 6.62. The lowest BCUT2D eigenvalue weighted by Crippen LogP contribution is -2.61. The fourth-order valence-corrected chi connectivity index (χ4v) is 3.92. The van der Waals surface area contributed by atoms with Crippen LogP contribution in [0.4, 0.5) is 39.5 Å². The number of halogens is 9. The highest BCUT2D eigenvalue weighted by atomic mass is 19.4. The number of hydrogen-bond donors (Lipinski definition) is 1. The van der Waals surface area contributed by atoms with Gasteiger partial charge in [-0.05, 0) is 17.7 Å². The number of nitrogens with zero attached hydrogens (tertiary/aromatic N) is 4. The predicted molar refractivity (Wildman–Crippen MR) is 103 cm³/mol. The summed E-state index contributed by atoms with van der Waals surface area (Å²) in [4.78, 5) is 25.6. The number of rotatable bonds is 6. The summed E-state index contributed by atoms with van der Waals surface area (Å²) in [6, 6.07) is 2.05. The van der Waals surface area contributed by atoms with Gasteiger partial charge >= 0.3 is 18.5 Å². The highest BCUT2D eigenvalue weighted by molar-refractivity contribution is 5.99. The average Bonchev–Trinajstić information content (AvgIpc) is 3.42. The molecule has 0 spiro atoms. The molecule has 4 rings (SSSR count). The second kappa shape index (κ2) is 9.18. The number of amides is 2. The van der Waals surface area contributed by atoms with E-state index in [1.54, 1.807) is 0 Å². The third kappa shape index (κ3) is 5.21. The Balaban J connectivity index is 1.55. The molecular weight excluding hydrogens is 529 g/mol. The van der Waals surface area contributed by atoms with Gasteiger partial charge in [-0.1, -0.05) is 6.07 Å². The largest absolute Gasteiger partial charge is 0.455 e. The zero-order valence-electron chi connectivity index (χ0n) is 18.3. The van der Waals surface area contributed by atoms with Crippen molar-refractivity contribution in [1.29, 1.82) is 0 Å². The molecule has 0 radical (unpaired) electrons. The Morgan fingerprint density at radius 2 is 1.89 bits per heavy atom. The average molecular weight is 545 g/mol. The molecule has 1 fully saturated rings. The lowest BCUT2D eigenvalue weighted by molar-refractivity contribution is -0.278. The third-order valence-electron chi connectivity index (χ3n) is 5.84. The van der Waals surface area contributed by atoms with Crippen molar-refractivity contribution in [2.45, 2.75) is 49.9 Å². The first-order valence-corrected chi connectivity index (χ1v) is 10.5. The van der Waals surface area contributed by atoms with Gasteiger partial charge in [0.15, 0.2) is 0 Å². The van der Waals surface area contributed by atoms with Crippen molar-refractivity contribution >= 4 is 11.8 Å². The van der Waals surface area contributed by atoms with Crippen LogP contribution in [0.3, 0.4) is 0 Å². The second-order valence-electron chi connectivity index (χ2n) is 8.39. The van der Waals surface area contributed by atoms with Crippen LogP contribution in [0.5, 0.6) is 0 Å². The highest BCUT2D eigenvalue weighted by Crippen LogP contribution is 2.38. The first-order valence-electron chi connectivity index (χ1n) is 10.5. The summed E-state index contributed by atoms with van der Waals surface area (Å²) in [6.07, 6.45) is -11.1. The fraction of sp³-hybridized carbons (Fsp3) is 0.500. The van der Waals surface area contributed by atoms with Crippen molar-refractivity contribution < 1.29 is 53.5 Å². The van der Waals surface area contributed by atoms with Crippen molar-refractivity contribution in [1.82, 2.24) is 25.5 Å². The van der Waals surface area contributed by atoms with Crippen LogP contribution in [-0.4, -0.2) is 69.2 Å². The first kappa shape index (κ1) is 26.7. The van der Waals surface area contributed by atoms with E-state index in [1.807, 2.05) is 0 Å². The normalized spacial score (nSPS) is 20.4. The number of carbonyl (C=O) groups excluding carboxylic acids is 2. The van der Waals surface area contributed by atoms with Gasteiger partial charge in [0.1, 0.15) is 6.04 Å². The molecule has 1 aromatic heterocycles. The van der Waals surface area contributed by atoms with Crippen molar-refractivity contribution in [2.24, 2.45) is 0 Å². The third-order valence-corrected chi connectivity index (χ3v) is 5.84. The molecule has 8 nitrogen and oxygen atoms in total. The van der Waals surface area contributed by atoms with Gasteiger partial charge in [0.25, 0.3) is 17.7 Å². The zero-order valence-corrected chi connectivity index (χ0v) is 18.3. The fourth-order valence-electron chi connectivity index (χ4n) is 3.92. The Labute approximate surface area is 201 Å². The Morgan fingerprint density at radius 1 is 1.19 bits per heavy atom. The number of hydrazine groups is 1. The van der Waals surface area contributed by atoms with E-state index in [1.165, 1.54) is 23.5 Å². The van der Waals surface area contributed by atoms with E-state index >= 15 is 0 Å². The molecule has 2 aromatic rings. The summed E-state index contributed by atoms with van der Waals surface area (Å²) in [5.74, 6) is -12.4. The van der Waals surface area contributed by atoms with Crippen LogP contribution < -0.4 is 5.32 Å². The molecule has 2 aliphatic rings. The zero-order chi connectivity index (χ0) is 27.3. The van der Waals surface area contributed by atoms with Gasteiger partial charge in [-0.15, -0.1) is 10.2 Å². The molecule has 0 saturated carbocycles. The number of benzene rings is 1. The number of carbonyl (C=O) groups is 2. The molecule has 1 unspecified atom stereocenters. The minimum absolute atomic E-state index is 0.0191. The Hall–Kier alpha value is -3.37. The van der Waals surface area contributed by atoms with Crippen LogP contribution in [0.2, 0.25) is 0 Å². The molecule has 2 amide bonds. The van der Waals surface area contributed by atoms with Crippen LogP contribution in [0.15, 0.2) is 22.6 Å². The molecule has 0 bridgehead atoms. The number of aromatic nitrogens is 2. The van der Waals surface area contributed by atoms with E-state index < -0.39 is 74.1 Å². The summed E-state index contributed by atoms with van der Waals surface area (Å²) in [5, 5.41) is 9.79. The minimum Gasteiger partial charge on any atom is -0.415 e. The molecule has 202 valence electrons. The lowest BCUT2D eigenvalue weighted by atomic mass is 9.99. The standard InChI is InChI=1S/C20H16F9N5O3/c21-13(22)16-32-31-15(37-16)9-1-2-10-7-34(17(36)11(10)5-9)33-4-3-18(23,24)6-12(33)14(35)30-8-19(25,26)20(27,28)29/h1-2,5,12-13H,3-4,6-8H2,(H,30,35). The summed E-state index contributed by atoms with van der Waals surface area (Å²) < 4.78 is 122. The summed E-state index contributed by atoms with van der Waals surface area (Å²) in [6.45, 7) is -3.00. The summed E-state index contributed by atoms with van der Waals surface area (Å²) in [7, 11) is 0. The van der Waals surface area contributed by atoms with Crippen LogP contribution in [0.1, 0.15) is 41.1 Å². The maximum absolute atomic E-state index is 14.1. The van der Waals surface area contributed by atoms with Crippen molar-refractivity contribution in [3.8, 4) is 11.5 Å². The second-order valence-corrected chi connectivity index (χ2v) is 8.39. The molecule has 37 heavy (non-hydrogen) atoms. The topological polar surface area (TPSA) is 91.6 Å². The van der Waals surface area contributed by atoms with Crippen LogP contribution in [-0.2, 0) is 11.3 Å². The van der Waals surface area contributed by atoms with Gasteiger partial charge in [0.2, 0.25) is 11.8 Å². The van der Waals surface area contributed by atoms with E-state index in [4.69, 9.17) is 4.42 Å². The number of nitrogens with one attached hydrogen (secondary N) is 1. The Bertz CT molecular complexity index is 1200. The SMILES string of the molecule is O=C(NCC(F)(F)C(F)(F)F)C1CC(F)(F)CCN1N1Cc2ccc(-c3nnc(C(F)F)o3)cc2C1=O. The molecule has 1 aromatic carbocycles. The molecule has 3 heterocycles. The number of piperidine rings is 1. The van der Waals surface area contributed by atoms with Crippen LogP contribution in [0.25, 0.3) is 11.5 Å².